The number of ether oxygens (including phenoxy) is 1. The second-order valence-corrected chi connectivity index (χ2v) is 6.03. The number of hydrogen-bond donors (Lipinski definition) is 1. The summed E-state index contributed by atoms with van der Waals surface area (Å²) < 4.78 is 10.8. The van der Waals surface area contributed by atoms with Crippen molar-refractivity contribution in [2.24, 2.45) is 0 Å². The van der Waals surface area contributed by atoms with E-state index in [1.807, 2.05) is 6.92 Å². The fourth-order valence-corrected chi connectivity index (χ4v) is 2.89. The number of fused-ring (bicyclic) bond motifs is 1. The lowest BCUT2D eigenvalue weighted by Gasteiger charge is -2.15. The van der Waals surface area contributed by atoms with Gasteiger partial charge >= 0.3 is 5.63 Å². The largest absolute Gasteiger partial charge is 0.483 e. The van der Waals surface area contributed by atoms with Crippen molar-refractivity contribution >= 4 is 28.7 Å². The van der Waals surface area contributed by atoms with Crippen molar-refractivity contribution in [3.63, 3.8) is 0 Å². The van der Waals surface area contributed by atoms with Crippen LogP contribution in [-0.4, -0.2) is 29.3 Å². The lowest BCUT2D eigenvalue weighted by Crippen LogP contribution is -2.43. The number of hydrazine groups is 1. The van der Waals surface area contributed by atoms with Gasteiger partial charge in [-0.05, 0) is 31.0 Å². The number of nitrogens with zero attached hydrogens (tertiary/aromatic N) is 1. The average molecular weight is 358 g/mol. The van der Waals surface area contributed by atoms with E-state index in [-0.39, 0.29) is 6.42 Å². The van der Waals surface area contributed by atoms with Crippen molar-refractivity contribution in [3.8, 4) is 5.75 Å². The molecule has 26 heavy (non-hydrogen) atoms. The van der Waals surface area contributed by atoms with Crippen LogP contribution in [0, 0.1) is 6.92 Å². The van der Waals surface area contributed by atoms with Gasteiger partial charge in [-0.1, -0.05) is 13.3 Å². The molecule has 2 heterocycles. The van der Waals surface area contributed by atoms with Crippen LogP contribution in [0.25, 0.3) is 11.0 Å². The van der Waals surface area contributed by atoms with E-state index < -0.39 is 30.0 Å². The number of carbonyl (C=O) groups is 3. The molecule has 1 aromatic carbocycles. The van der Waals surface area contributed by atoms with Gasteiger partial charge in [0.1, 0.15) is 17.8 Å². The summed E-state index contributed by atoms with van der Waals surface area (Å²) in [5, 5.41) is 1.47. The van der Waals surface area contributed by atoms with Gasteiger partial charge in [-0.25, -0.2) is 4.79 Å². The number of carbonyl (C=O) groups excluding carboxylic acids is 3. The summed E-state index contributed by atoms with van der Waals surface area (Å²) >= 11 is 0. The van der Waals surface area contributed by atoms with Crippen molar-refractivity contribution in [1.29, 1.82) is 0 Å². The van der Waals surface area contributed by atoms with Crippen LogP contribution in [0.5, 0.6) is 5.75 Å². The zero-order valence-corrected chi connectivity index (χ0v) is 14.5. The number of aryl methyl sites for hydroxylation is 2. The Bertz CT molecular complexity index is 962. The maximum atomic E-state index is 12.0. The summed E-state index contributed by atoms with van der Waals surface area (Å²) in [7, 11) is 0. The molecule has 8 nitrogen and oxygen atoms in total. The minimum atomic E-state index is -0.679. The molecule has 1 saturated heterocycles. The molecule has 1 N–H and O–H groups in total. The minimum Gasteiger partial charge on any atom is -0.483 e. The lowest BCUT2D eigenvalue weighted by molar-refractivity contribution is -0.147. The summed E-state index contributed by atoms with van der Waals surface area (Å²) in [6.45, 7) is 3.32. The zero-order chi connectivity index (χ0) is 18.8. The SMILES string of the molecule is CCCc1cc(=O)oc2c(C)c(OCC(=O)N3NC(=O)CC3=O)ccc12. The van der Waals surface area contributed by atoms with Gasteiger partial charge in [0.25, 0.3) is 11.8 Å². The predicted molar refractivity (Wildman–Crippen MR) is 91.3 cm³/mol. The highest BCUT2D eigenvalue weighted by atomic mass is 16.5. The molecule has 0 saturated carbocycles. The number of imide groups is 1. The van der Waals surface area contributed by atoms with Crippen LogP contribution in [0.15, 0.2) is 27.4 Å². The monoisotopic (exact) mass is 358 g/mol. The standard InChI is InChI=1S/C18H18N2O6/c1-3-4-11-7-17(24)26-18-10(2)13(6-5-12(11)18)25-9-16(23)20-15(22)8-14(21)19-20/h5-7H,3-4,8-9H2,1-2H3,(H,19,21). The maximum Gasteiger partial charge on any atom is 0.336 e. The molecule has 1 aromatic heterocycles. The Hall–Kier alpha value is -3.16. The molecular weight excluding hydrogens is 340 g/mol. The molecule has 0 spiro atoms. The Kier molecular flexibility index (Phi) is 4.75. The molecule has 1 aliphatic rings. The number of nitrogens with one attached hydrogen (secondary N) is 1. The second kappa shape index (κ2) is 6.99. The fourth-order valence-electron chi connectivity index (χ4n) is 2.89. The van der Waals surface area contributed by atoms with Crippen LogP contribution < -0.4 is 15.8 Å². The Morgan fingerprint density at radius 3 is 2.73 bits per heavy atom. The molecular formula is C18H18N2O6. The van der Waals surface area contributed by atoms with Crippen molar-refractivity contribution in [2.75, 3.05) is 6.61 Å². The molecule has 0 atom stereocenters. The zero-order valence-electron chi connectivity index (χ0n) is 14.5. The summed E-state index contributed by atoms with van der Waals surface area (Å²) in [6, 6.07) is 4.95. The highest BCUT2D eigenvalue weighted by molar-refractivity contribution is 6.10. The highest BCUT2D eigenvalue weighted by Crippen LogP contribution is 2.29. The quantitative estimate of drug-likeness (QED) is 0.636. The molecule has 0 aliphatic carbocycles. The first-order chi connectivity index (χ1) is 12.4. The van der Waals surface area contributed by atoms with Gasteiger partial charge in [-0.3, -0.25) is 19.8 Å². The third-order valence-corrected chi connectivity index (χ3v) is 4.11. The van der Waals surface area contributed by atoms with E-state index in [1.54, 1.807) is 19.1 Å². The molecule has 3 rings (SSSR count). The van der Waals surface area contributed by atoms with E-state index in [2.05, 4.69) is 5.43 Å². The third kappa shape index (κ3) is 3.30. The molecule has 136 valence electrons. The average Bonchev–Trinajstić information content (AvgIpc) is 2.93. The molecule has 0 unspecified atom stereocenters. The van der Waals surface area contributed by atoms with Crippen molar-refractivity contribution < 1.29 is 23.5 Å². The van der Waals surface area contributed by atoms with Gasteiger partial charge < -0.3 is 9.15 Å². The van der Waals surface area contributed by atoms with Gasteiger partial charge in [-0.15, -0.1) is 0 Å². The first-order valence-electron chi connectivity index (χ1n) is 8.25. The summed E-state index contributed by atoms with van der Waals surface area (Å²) in [4.78, 5) is 46.5. The first kappa shape index (κ1) is 17.7. The Balaban J connectivity index is 1.84. The number of hydrogen-bond acceptors (Lipinski definition) is 6. The first-order valence-corrected chi connectivity index (χ1v) is 8.25. The van der Waals surface area contributed by atoms with Gasteiger partial charge in [0.05, 0.1) is 0 Å². The van der Waals surface area contributed by atoms with E-state index >= 15 is 0 Å². The predicted octanol–water partition coefficient (Wildman–Crippen LogP) is 1.22. The fraction of sp³-hybridized carbons (Fsp3) is 0.333. The molecule has 1 fully saturated rings. The topological polar surface area (TPSA) is 106 Å². The normalized spacial score (nSPS) is 14.0. The van der Waals surface area contributed by atoms with Crippen molar-refractivity contribution in [2.45, 2.75) is 33.1 Å². The summed E-state index contributed by atoms with van der Waals surface area (Å²) in [6.07, 6.45) is 1.28. The number of benzene rings is 1. The van der Waals surface area contributed by atoms with E-state index in [1.165, 1.54) is 6.07 Å². The molecule has 8 heteroatoms. The minimum absolute atomic E-state index is 0.355. The smallest absolute Gasteiger partial charge is 0.336 e. The summed E-state index contributed by atoms with van der Waals surface area (Å²) in [5.41, 5.74) is 3.62. The second-order valence-electron chi connectivity index (χ2n) is 6.03. The third-order valence-electron chi connectivity index (χ3n) is 4.11. The van der Waals surface area contributed by atoms with Crippen LogP contribution in [-0.2, 0) is 20.8 Å². The maximum absolute atomic E-state index is 12.0. The van der Waals surface area contributed by atoms with Crippen molar-refractivity contribution in [3.05, 3.63) is 39.7 Å². The van der Waals surface area contributed by atoms with Crippen LogP contribution in [0.4, 0.5) is 0 Å². The summed E-state index contributed by atoms with van der Waals surface area (Å²) in [5.74, 6) is -1.47. The van der Waals surface area contributed by atoms with E-state index in [0.29, 0.717) is 21.9 Å². The van der Waals surface area contributed by atoms with Crippen LogP contribution in [0.2, 0.25) is 0 Å². The number of amides is 3. The molecule has 3 amide bonds. The Morgan fingerprint density at radius 1 is 1.31 bits per heavy atom. The van der Waals surface area contributed by atoms with Crippen molar-refractivity contribution in [1.82, 2.24) is 10.4 Å². The number of rotatable bonds is 5. The van der Waals surface area contributed by atoms with Crippen LogP contribution in [0.3, 0.4) is 0 Å². The van der Waals surface area contributed by atoms with Crippen LogP contribution in [0.1, 0.15) is 30.9 Å². The van der Waals surface area contributed by atoms with Gasteiger partial charge in [-0.2, -0.15) is 5.01 Å². The van der Waals surface area contributed by atoms with E-state index in [0.717, 1.165) is 23.8 Å². The molecule has 0 bridgehead atoms. The molecule has 0 radical (unpaired) electrons. The van der Waals surface area contributed by atoms with Crippen LogP contribution >= 0.6 is 0 Å². The van der Waals surface area contributed by atoms with Gasteiger partial charge in [0.2, 0.25) is 5.91 Å². The Morgan fingerprint density at radius 2 is 2.08 bits per heavy atom. The van der Waals surface area contributed by atoms with Gasteiger partial charge in [0, 0.05) is 17.0 Å². The molecule has 1 aliphatic heterocycles. The highest BCUT2D eigenvalue weighted by Gasteiger charge is 2.32. The van der Waals surface area contributed by atoms with E-state index in [4.69, 9.17) is 9.15 Å². The Labute approximate surface area is 148 Å². The lowest BCUT2D eigenvalue weighted by atomic mass is 10.0. The molecule has 2 aromatic rings. The van der Waals surface area contributed by atoms with E-state index in [9.17, 15) is 19.2 Å². The van der Waals surface area contributed by atoms with Gasteiger partial charge in [0.15, 0.2) is 6.61 Å².